The molecule has 1 heterocycles. The summed E-state index contributed by atoms with van der Waals surface area (Å²) >= 11 is 0. The molecule has 0 saturated heterocycles. The van der Waals surface area contributed by atoms with E-state index in [1.807, 2.05) is 0 Å². The Labute approximate surface area is 78.0 Å². The molecular formula is C10H15NO2. The second-order valence-electron chi connectivity index (χ2n) is 3.93. The van der Waals surface area contributed by atoms with E-state index in [0.717, 1.165) is 32.4 Å². The van der Waals surface area contributed by atoms with Crippen molar-refractivity contribution in [2.45, 2.75) is 25.3 Å². The molecule has 3 nitrogen and oxygen atoms in total. The Balaban J connectivity index is 1.87. The summed E-state index contributed by atoms with van der Waals surface area (Å²) in [5.41, 5.74) is 0. The van der Waals surface area contributed by atoms with Gasteiger partial charge in [-0.2, -0.15) is 0 Å². The van der Waals surface area contributed by atoms with Crippen molar-refractivity contribution in [3.63, 3.8) is 0 Å². The van der Waals surface area contributed by atoms with E-state index in [-0.39, 0.29) is 5.92 Å². The third-order valence-corrected chi connectivity index (χ3v) is 3.12. The van der Waals surface area contributed by atoms with E-state index >= 15 is 0 Å². The lowest BCUT2D eigenvalue weighted by Gasteiger charge is -2.22. The summed E-state index contributed by atoms with van der Waals surface area (Å²) in [4.78, 5) is 13.1. The summed E-state index contributed by atoms with van der Waals surface area (Å²) in [5, 5.41) is 8.84. The molecule has 1 aliphatic heterocycles. The minimum atomic E-state index is -0.616. The van der Waals surface area contributed by atoms with Gasteiger partial charge in [-0.25, -0.2) is 0 Å². The summed E-state index contributed by atoms with van der Waals surface area (Å²) in [7, 11) is 0. The maximum absolute atomic E-state index is 10.7. The molecule has 0 amide bonds. The number of carbonyl (C=O) groups is 1. The van der Waals surface area contributed by atoms with Crippen molar-refractivity contribution >= 4 is 5.97 Å². The lowest BCUT2D eigenvalue weighted by Crippen LogP contribution is -2.31. The van der Waals surface area contributed by atoms with Crippen LogP contribution in [0.2, 0.25) is 0 Å². The number of nitrogens with zero attached hydrogens (tertiary/aromatic N) is 1. The van der Waals surface area contributed by atoms with Crippen LogP contribution in [0, 0.1) is 5.92 Å². The van der Waals surface area contributed by atoms with Crippen LogP contribution in [0.15, 0.2) is 12.2 Å². The topological polar surface area (TPSA) is 40.5 Å². The fourth-order valence-corrected chi connectivity index (χ4v) is 2.31. The Kier molecular flexibility index (Phi) is 2.36. The molecule has 0 radical (unpaired) electrons. The molecule has 0 aromatic heterocycles. The number of carboxylic acid groups (broad SMARTS) is 1. The first-order valence-electron chi connectivity index (χ1n) is 4.89. The molecule has 1 N–H and O–H groups in total. The Morgan fingerprint density at radius 3 is 2.54 bits per heavy atom. The van der Waals surface area contributed by atoms with Gasteiger partial charge in [-0.1, -0.05) is 12.2 Å². The van der Waals surface area contributed by atoms with Crippen molar-refractivity contribution in [3.05, 3.63) is 12.2 Å². The summed E-state index contributed by atoms with van der Waals surface area (Å²) < 4.78 is 0. The van der Waals surface area contributed by atoms with Crippen LogP contribution < -0.4 is 0 Å². The summed E-state index contributed by atoms with van der Waals surface area (Å²) in [6, 6.07) is 0.510. The highest BCUT2D eigenvalue weighted by Crippen LogP contribution is 2.30. The molecule has 2 rings (SSSR count). The van der Waals surface area contributed by atoms with Crippen molar-refractivity contribution in [2.24, 2.45) is 5.92 Å². The van der Waals surface area contributed by atoms with Gasteiger partial charge in [0.2, 0.25) is 0 Å². The van der Waals surface area contributed by atoms with Gasteiger partial charge < -0.3 is 5.11 Å². The highest BCUT2D eigenvalue weighted by molar-refractivity contribution is 5.70. The molecule has 1 fully saturated rings. The van der Waals surface area contributed by atoms with E-state index in [9.17, 15) is 4.79 Å². The van der Waals surface area contributed by atoms with Gasteiger partial charge in [0, 0.05) is 19.1 Å². The molecule has 1 saturated carbocycles. The predicted octanol–water partition coefficient (Wildman–Crippen LogP) is 1.11. The van der Waals surface area contributed by atoms with Gasteiger partial charge in [-0.05, 0) is 19.3 Å². The highest BCUT2D eigenvalue weighted by atomic mass is 16.4. The van der Waals surface area contributed by atoms with Crippen LogP contribution in [0.1, 0.15) is 19.3 Å². The first-order valence-corrected chi connectivity index (χ1v) is 4.89. The van der Waals surface area contributed by atoms with Gasteiger partial charge in [0.15, 0.2) is 0 Å². The molecule has 0 spiro atoms. The summed E-state index contributed by atoms with van der Waals surface area (Å²) in [6.45, 7) is 2.02. The number of hydrogen-bond acceptors (Lipinski definition) is 2. The first-order chi connectivity index (χ1) is 6.27. The third kappa shape index (κ3) is 1.75. The number of aliphatic carboxylic acids is 1. The molecule has 2 atom stereocenters. The monoisotopic (exact) mass is 181 g/mol. The Morgan fingerprint density at radius 2 is 2.00 bits per heavy atom. The van der Waals surface area contributed by atoms with E-state index in [4.69, 9.17) is 5.11 Å². The molecule has 13 heavy (non-hydrogen) atoms. The summed E-state index contributed by atoms with van der Waals surface area (Å²) in [6.07, 6.45) is 7.08. The second-order valence-corrected chi connectivity index (χ2v) is 3.93. The van der Waals surface area contributed by atoms with Crippen LogP contribution in [-0.2, 0) is 4.79 Å². The zero-order valence-electron chi connectivity index (χ0n) is 7.65. The average molecular weight is 181 g/mol. The minimum absolute atomic E-state index is 0.0920. The largest absolute Gasteiger partial charge is 0.481 e. The molecule has 72 valence electrons. The number of rotatable bonds is 2. The Bertz CT molecular complexity index is 229. The van der Waals surface area contributed by atoms with Crippen LogP contribution >= 0.6 is 0 Å². The van der Waals surface area contributed by atoms with E-state index in [1.165, 1.54) is 0 Å². The molecule has 0 aromatic carbocycles. The number of hydrogen-bond donors (Lipinski definition) is 1. The summed E-state index contributed by atoms with van der Waals surface area (Å²) in [5.74, 6) is -0.708. The second kappa shape index (κ2) is 3.50. The van der Waals surface area contributed by atoms with Gasteiger partial charge in [0.1, 0.15) is 0 Å². The highest BCUT2D eigenvalue weighted by Gasteiger charge is 2.32. The van der Waals surface area contributed by atoms with Crippen molar-refractivity contribution < 1.29 is 9.90 Å². The van der Waals surface area contributed by atoms with Gasteiger partial charge in [0.25, 0.3) is 0 Å². The molecule has 2 aliphatic rings. The maximum Gasteiger partial charge on any atom is 0.306 e. The van der Waals surface area contributed by atoms with Gasteiger partial charge in [-0.15, -0.1) is 0 Å². The average Bonchev–Trinajstić information content (AvgIpc) is 2.75. The smallest absolute Gasteiger partial charge is 0.306 e. The van der Waals surface area contributed by atoms with Crippen LogP contribution in [0.4, 0.5) is 0 Å². The fraction of sp³-hybridized carbons (Fsp3) is 0.700. The normalized spacial score (nSPS) is 34.2. The van der Waals surface area contributed by atoms with Gasteiger partial charge in [0.05, 0.1) is 5.92 Å². The molecule has 2 unspecified atom stereocenters. The first kappa shape index (κ1) is 8.75. The molecule has 3 heteroatoms. The maximum atomic E-state index is 10.7. The lowest BCUT2D eigenvalue weighted by atomic mass is 10.1. The van der Waals surface area contributed by atoms with Crippen LogP contribution in [0.5, 0.6) is 0 Å². The molecule has 0 aromatic rings. The van der Waals surface area contributed by atoms with E-state index in [0.29, 0.717) is 6.04 Å². The number of carboxylic acids is 1. The Hall–Kier alpha value is -0.830. The molecule has 1 aliphatic carbocycles. The van der Waals surface area contributed by atoms with E-state index < -0.39 is 5.97 Å². The van der Waals surface area contributed by atoms with Crippen molar-refractivity contribution in [2.75, 3.05) is 13.1 Å². The van der Waals surface area contributed by atoms with Crippen molar-refractivity contribution in [3.8, 4) is 0 Å². The SMILES string of the molecule is O=C(O)C1CCC(N2CC=CC2)C1. The minimum Gasteiger partial charge on any atom is -0.481 e. The Morgan fingerprint density at radius 1 is 1.31 bits per heavy atom. The quantitative estimate of drug-likeness (QED) is 0.649. The van der Waals surface area contributed by atoms with Crippen molar-refractivity contribution in [1.82, 2.24) is 4.90 Å². The van der Waals surface area contributed by atoms with Crippen molar-refractivity contribution in [1.29, 1.82) is 0 Å². The predicted molar refractivity (Wildman–Crippen MR) is 49.5 cm³/mol. The standard InChI is InChI=1S/C10H15NO2/c12-10(13)8-3-4-9(7-8)11-5-1-2-6-11/h1-2,8-9H,3-7H2,(H,12,13). The van der Waals surface area contributed by atoms with Crippen LogP contribution in [0.25, 0.3) is 0 Å². The van der Waals surface area contributed by atoms with Crippen LogP contribution in [0.3, 0.4) is 0 Å². The fourth-order valence-electron chi connectivity index (χ4n) is 2.31. The van der Waals surface area contributed by atoms with Crippen LogP contribution in [-0.4, -0.2) is 35.1 Å². The van der Waals surface area contributed by atoms with Gasteiger partial charge >= 0.3 is 5.97 Å². The van der Waals surface area contributed by atoms with E-state index in [2.05, 4.69) is 17.1 Å². The lowest BCUT2D eigenvalue weighted by molar-refractivity contribution is -0.141. The molecule has 0 bridgehead atoms. The van der Waals surface area contributed by atoms with E-state index in [1.54, 1.807) is 0 Å². The van der Waals surface area contributed by atoms with Gasteiger partial charge in [-0.3, -0.25) is 9.69 Å². The zero-order chi connectivity index (χ0) is 9.26. The third-order valence-electron chi connectivity index (χ3n) is 3.12. The molecular weight excluding hydrogens is 166 g/mol. The zero-order valence-corrected chi connectivity index (χ0v) is 7.65.